The number of nitrogens with zero attached hydrogens (tertiary/aromatic N) is 1. The average Bonchev–Trinajstić information content (AvgIpc) is 2.30. The lowest BCUT2D eigenvalue weighted by Gasteiger charge is -2.21. The van der Waals surface area contributed by atoms with Crippen LogP contribution in [-0.2, 0) is 0 Å². The second kappa shape index (κ2) is 6.31. The lowest BCUT2D eigenvalue weighted by atomic mass is 10.1. The summed E-state index contributed by atoms with van der Waals surface area (Å²) in [6.45, 7) is 7.81. The summed E-state index contributed by atoms with van der Waals surface area (Å²) >= 11 is 0. The number of hydrogen-bond donors (Lipinski definition) is 0. The predicted molar refractivity (Wildman–Crippen MR) is 67.7 cm³/mol. The van der Waals surface area contributed by atoms with Crippen LogP contribution >= 0.6 is 0 Å². The zero-order valence-corrected chi connectivity index (χ0v) is 10.5. The number of hydrogen-bond acceptors (Lipinski definition) is 1. The van der Waals surface area contributed by atoms with E-state index in [-0.39, 0.29) is 5.91 Å². The number of aryl methyl sites for hydroxylation is 1. The molecule has 0 unspecified atom stereocenters. The summed E-state index contributed by atoms with van der Waals surface area (Å²) in [5.41, 5.74) is 1.89. The van der Waals surface area contributed by atoms with E-state index in [0.29, 0.717) is 0 Å². The highest BCUT2D eigenvalue weighted by Gasteiger charge is 2.14. The van der Waals surface area contributed by atoms with E-state index in [1.54, 1.807) is 0 Å². The minimum atomic E-state index is 0.161. The van der Waals surface area contributed by atoms with Gasteiger partial charge in [-0.15, -0.1) is 0 Å². The molecular weight excluding hydrogens is 198 g/mol. The first-order valence-corrected chi connectivity index (χ1v) is 6.05. The van der Waals surface area contributed by atoms with Crippen LogP contribution in [0.1, 0.15) is 42.6 Å². The molecule has 0 saturated carbocycles. The molecule has 0 N–H and O–H groups in total. The molecule has 16 heavy (non-hydrogen) atoms. The molecule has 0 aromatic heterocycles. The number of carbonyl (C=O) groups is 1. The van der Waals surface area contributed by atoms with E-state index in [0.717, 1.165) is 37.1 Å². The Morgan fingerprint density at radius 1 is 1.25 bits per heavy atom. The van der Waals surface area contributed by atoms with E-state index in [9.17, 15) is 4.79 Å². The van der Waals surface area contributed by atoms with Crippen LogP contribution < -0.4 is 0 Å². The molecule has 1 rings (SSSR count). The van der Waals surface area contributed by atoms with Gasteiger partial charge >= 0.3 is 0 Å². The minimum Gasteiger partial charge on any atom is -0.339 e. The van der Waals surface area contributed by atoms with Gasteiger partial charge in [-0.25, -0.2) is 0 Å². The first kappa shape index (κ1) is 12.8. The third-order valence-corrected chi connectivity index (χ3v) is 2.83. The highest BCUT2D eigenvalue weighted by atomic mass is 16.2. The number of benzene rings is 1. The molecule has 0 heterocycles. The van der Waals surface area contributed by atoms with Gasteiger partial charge in [-0.1, -0.05) is 31.5 Å². The van der Waals surface area contributed by atoms with E-state index in [1.165, 1.54) is 0 Å². The van der Waals surface area contributed by atoms with E-state index in [4.69, 9.17) is 0 Å². The van der Waals surface area contributed by atoms with Crippen molar-refractivity contribution in [1.82, 2.24) is 4.90 Å². The molecule has 1 amide bonds. The average molecular weight is 219 g/mol. The minimum absolute atomic E-state index is 0.161. The van der Waals surface area contributed by atoms with Gasteiger partial charge in [-0.3, -0.25) is 4.79 Å². The Morgan fingerprint density at radius 2 is 1.94 bits per heavy atom. The zero-order chi connectivity index (χ0) is 12.0. The standard InChI is InChI=1S/C14H21NO/c1-4-6-11-15(5-2)14(16)13-10-8-7-9-12(13)3/h7-10H,4-6,11H2,1-3H3. The highest BCUT2D eigenvalue weighted by Crippen LogP contribution is 2.11. The van der Waals surface area contributed by atoms with Gasteiger partial charge in [-0.2, -0.15) is 0 Å². The molecule has 1 aromatic rings. The van der Waals surface area contributed by atoms with Crippen molar-refractivity contribution in [2.45, 2.75) is 33.6 Å². The van der Waals surface area contributed by atoms with E-state index < -0.39 is 0 Å². The Morgan fingerprint density at radius 3 is 2.50 bits per heavy atom. The van der Waals surface area contributed by atoms with Crippen molar-refractivity contribution >= 4 is 5.91 Å². The molecule has 88 valence electrons. The second-order valence-corrected chi connectivity index (χ2v) is 4.05. The Hall–Kier alpha value is -1.31. The fraction of sp³-hybridized carbons (Fsp3) is 0.500. The molecule has 0 bridgehead atoms. The summed E-state index contributed by atoms with van der Waals surface area (Å²) in [4.78, 5) is 14.2. The van der Waals surface area contributed by atoms with Crippen molar-refractivity contribution in [2.75, 3.05) is 13.1 Å². The summed E-state index contributed by atoms with van der Waals surface area (Å²) in [6, 6.07) is 7.79. The van der Waals surface area contributed by atoms with Gasteiger partial charge in [0, 0.05) is 18.7 Å². The molecule has 2 heteroatoms. The van der Waals surface area contributed by atoms with Crippen molar-refractivity contribution in [1.29, 1.82) is 0 Å². The number of unbranched alkanes of at least 4 members (excludes halogenated alkanes) is 1. The van der Waals surface area contributed by atoms with Crippen LogP contribution in [0.5, 0.6) is 0 Å². The maximum atomic E-state index is 12.2. The first-order valence-electron chi connectivity index (χ1n) is 6.05. The van der Waals surface area contributed by atoms with Crippen molar-refractivity contribution in [3.8, 4) is 0 Å². The summed E-state index contributed by atoms with van der Waals surface area (Å²) < 4.78 is 0. The van der Waals surface area contributed by atoms with Gasteiger partial charge in [0.15, 0.2) is 0 Å². The summed E-state index contributed by atoms with van der Waals surface area (Å²) in [7, 11) is 0. The molecule has 2 nitrogen and oxygen atoms in total. The van der Waals surface area contributed by atoms with Crippen LogP contribution in [0.3, 0.4) is 0 Å². The molecule has 0 aliphatic heterocycles. The van der Waals surface area contributed by atoms with Crippen LogP contribution in [0.25, 0.3) is 0 Å². The van der Waals surface area contributed by atoms with Crippen LogP contribution in [0.4, 0.5) is 0 Å². The fourth-order valence-electron chi connectivity index (χ4n) is 1.74. The van der Waals surface area contributed by atoms with Crippen molar-refractivity contribution in [2.24, 2.45) is 0 Å². The quantitative estimate of drug-likeness (QED) is 0.744. The van der Waals surface area contributed by atoms with Crippen LogP contribution in [0.15, 0.2) is 24.3 Å². The molecule has 0 saturated heterocycles. The summed E-state index contributed by atoms with van der Waals surface area (Å²) in [5.74, 6) is 0.161. The smallest absolute Gasteiger partial charge is 0.254 e. The van der Waals surface area contributed by atoms with E-state index >= 15 is 0 Å². The SMILES string of the molecule is CCCCN(CC)C(=O)c1ccccc1C. The monoisotopic (exact) mass is 219 g/mol. The summed E-state index contributed by atoms with van der Waals surface area (Å²) in [5, 5.41) is 0. The Labute approximate surface area is 98.3 Å². The largest absolute Gasteiger partial charge is 0.339 e. The first-order chi connectivity index (χ1) is 7.70. The molecule has 0 aliphatic rings. The predicted octanol–water partition coefficient (Wildman–Crippen LogP) is 3.26. The normalized spacial score (nSPS) is 10.2. The maximum Gasteiger partial charge on any atom is 0.254 e. The third kappa shape index (κ3) is 3.09. The van der Waals surface area contributed by atoms with Crippen molar-refractivity contribution in [3.63, 3.8) is 0 Å². The lowest BCUT2D eigenvalue weighted by Crippen LogP contribution is -2.32. The molecule has 0 aliphatic carbocycles. The highest BCUT2D eigenvalue weighted by molar-refractivity contribution is 5.95. The van der Waals surface area contributed by atoms with Gasteiger partial charge in [0.05, 0.1) is 0 Å². The van der Waals surface area contributed by atoms with Gasteiger partial charge in [0.1, 0.15) is 0 Å². The molecule has 1 aromatic carbocycles. The van der Waals surface area contributed by atoms with Gasteiger partial charge < -0.3 is 4.90 Å². The second-order valence-electron chi connectivity index (χ2n) is 4.05. The van der Waals surface area contributed by atoms with Crippen molar-refractivity contribution < 1.29 is 4.79 Å². The maximum absolute atomic E-state index is 12.2. The Balaban J connectivity index is 2.79. The lowest BCUT2D eigenvalue weighted by molar-refractivity contribution is 0.0761. The van der Waals surface area contributed by atoms with Gasteiger partial charge in [0.25, 0.3) is 5.91 Å². The molecule has 0 fully saturated rings. The summed E-state index contributed by atoms with van der Waals surface area (Å²) in [6.07, 6.45) is 2.20. The van der Waals surface area contributed by atoms with E-state index in [2.05, 4.69) is 6.92 Å². The molecular formula is C14H21NO. The number of amides is 1. The van der Waals surface area contributed by atoms with E-state index in [1.807, 2.05) is 43.0 Å². The van der Waals surface area contributed by atoms with Crippen LogP contribution in [0.2, 0.25) is 0 Å². The zero-order valence-electron chi connectivity index (χ0n) is 10.5. The van der Waals surface area contributed by atoms with Crippen molar-refractivity contribution in [3.05, 3.63) is 35.4 Å². The van der Waals surface area contributed by atoms with Gasteiger partial charge in [0.2, 0.25) is 0 Å². The Kier molecular flexibility index (Phi) is 5.03. The topological polar surface area (TPSA) is 20.3 Å². The molecule has 0 spiro atoms. The molecule has 0 atom stereocenters. The fourth-order valence-corrected chi connectivity index (χ4v) is 1.74. The molecule has 0 radical (unpaired) electrons. The van der Waals surface area contributed by atoms with Crippen LogP contribution in [0, 0.1) is 6.92 Å². The number of carbonyl (C=O) groups excluding carboxylic acids is 1. The van der Waals surface area contributed by atoms with Gasteiger partial charge in [-0.05, 0) is 31.9 Å². The Bertz CT molecular complexity index is 346. The van der Waals surface area contributed by atoms with Crippen LogP contribution in [-0.4, -0.2) is 23.9 Å². The number of rotatable bonds is 5. The third-order valence-electron chi connectivity index (χ3n) is 2.83.